The number of hydrogen-bond donors (Lipinski definition) is 0. The van der Waals surface area contributed by atoms with Crippen molar-refractivity contribution in [3.8, 4) is 22.5 Å². The zero-order chi connectivity index (χ0) is 38.3. The molecule has 1 radical (unpaired) electrons. The summed E-state index contributed by atoms with van der Waals surface area (Å²) in [5.41, 5.74) is 3.60. The van der Waals surface area contributed by atoms with E-state index in [1.165, 1.54) is 41.7 Å². The van der Waals surface area contributed by atoms with Crippen molar-refractivity contribution in [1.82, 2.24) is 15.0 Å². The predicted molar refractivity (Wildman–Crippen MR) is 184 cm³/mol. The van der Waals surface area contributed by atoms with Crippen LogP contribution in [-0.2, 0) is 26.5 Å². The first-order valence-corrected chi connectivity index (χ1v) is 17.8. The SMILES string of the molecule is [2H]C([2H])([2H])c1c[c-]c(-c2cc(F)ccn2)c2oc3ccc(C([2H])([2H])c4ccccc4)nc3c12.[2H]C([2H])([2H])c1c[c-]c(-c2ccc([Si](C)(C)C)cn2)cc1.[Ir]. The third-order valence-corrected chi connectivity index (χ3v) is 9.16. The third kappa shape index (κ3) is 7.39. The van der Waals surface area contributed by atoms with Crippen LogP contribution in [0.15, 0.2) is 108 Å². The number of rotatable bonds is 5. The Kier molecular flexibility index (Phi) is 7.29. The zero-order valence-corrected chi connectivity index (χ0v) is 28.7. The number of hydrogen-bond acceptors (Lipinski definition) is 4. The number of pyridine rings is 3. The topological polar surface area (TPSA) is 51.8 Å². The molecule has 7 aromatic rings. The van der Waals surface area contributed by atoms with E-state index in [2.05, 4.69) is 52.8 Å². The van der Waals surface area contributed by atoms with Crippen LogP contribution in [0.3, 0.4) is 0 Å². The molecule has 4 nitrogen and oxygen atoms in total. The Morgan fingerprint density at radius 3 is 2.41 bits per heavy atom. The number of aryl methyl sites for hydroxylation is 2. The van der Waals surface area contributed by atoms with E-state index in [1.54, 1.807) is 48.5 Å². The van der Waals surface area contributed by atoms with Crippen molar-refractivity contribution in [2.45, 2.75) is 39.7 Å². The number of furan rings is 1. The fourth-order valence-electron chi connectivity index (χ4n) is 4.74. The average Bonchev–Trinajstić information content (AvgIpc) is 3.50. The van der Waals surface area contributed by atoms with Gasteiger partial charge in [-0.3, -0.25) is 4.98 Å². The molecule has 0 atom stereocenters. The van der Waals surface area contributed by atoms with Crippen LogP contribution >= 0.6 is 0 Å². The summed E-state index contributed by atoms with van der Waals surface area (Å²) in [7, 11) is -1.34. The maximum atomic E-state index is 13.8. The molecule has 7 heteroatoms. The number of nitrogens with zero attached hydrogens (tertiary/aromatic N) is 3. The van der Waals surface area contributed by atoms with Crippen molar-refractivity contribution in [2.24, 2.45) is 0 Å². The summed E-state index contributed by atoms with van der Waals surface area (Å²) in [4.78, 5) is 13.1. The van der Waals surface area contributed by atoms with E-state index >= 15 is 0 Å². The van der Waals surface area contributed by atoms with E-state index in [9.17, 15) is 4.39 Å². The molecular formula is C39H34FIrN3OSi-2. The van der Waals surface area contributed by atoms with Gasteiger partial charge in [0.2, 0.25) is 0 Å². The van der Waals surface area contributed by atoms with Gasteiger partial charge in [0.1, 0.15) is 11.4 Å². The van der Waals surface area contributed by atoms with Gasteiger partial charge in [0.25, 0.3) is 0 Å². The molecule has 0 unspecified atom stereocenters. The molecule has 0 aliphatic carbocycles. The Morgan fingerprint density at radius 2 is 1.74 bits per heavy atom. The van der Waals surface area contributed by atoms with Crippen LogP contribution in [0.4, 0.5) is 4.39 Å². The van der Waals surface area contributed by atoms with Crippen molar-refractivity contribution in [2.75, 3.05) is 0 Å². The van der Waals surface area contributed by atoms with Gasteiger partial charge >= 0.3 is 0 Å². The molecule has 46 heavy (non-hydrogen) atoms. The van der Waals surface area contributed by atoms with Gasteiger partial charge in [0, 0.05) is 55.5 Å². The van der Waals surface area contributed by atoms with Crippen molar-refractivity contribution in [3.63, 3.8) is 0 Å². The monoisotopic (exact) mass is 808 g/mol. The molecule has 0 spiro atoms. The van der Waals surface area contributed by atoms with Gasteiger partial charge in [-0.1, -0.05) is 81.4 Å². The summed E-state index contributed by atoms with van der Waals surface area (Å²) in [6.07, 6.45) is 1.30. The third-order valence-electron chi connectivity index (χ3n) is 7.13. The van der Waals surface area contributed by atoms with Crippen LogP contribution in [0, 0.1) is 31.7 Å². The molecule has 0 fully saturated rings. The molecule has 0 amide bonds. The molecule has 0 bridgehead atoms. The van der Waals surface area contributed by atoms with E-state index < -0.39 is 34.0 Å². The van der Waals surface area contributed by atoms with E-state index in [4.69, 9.17) is 15.4 Å². The maximum Gasteiger partial charge on any atom is 0.139 e. The molecule has 4 heterocycles. The zero-order valence-electron chi connectivity index (χ0n) is 33.3. The van der Waals surface area contributed by atoms with Gasteiger partial charge < -0.3 is 14.4 Å². The first-order chi connectivity index (χ1) is 24.8. The average molecular weight is 808 g/mol. The Morgan fingerprint density at radius 1 is 0.891 bits per heavy atom. The van der Waals surface area contributed by atoms with Gasteiger partial charge in [-0.05, 0) is 51.8 Å². The number of benzene rings is 3. The van der Waals surface area contributed by atoms with E-state index in [0.29, 0.717) is 16.7 Å². The summed E-state index contributed by atoms with van der Waals surface area (Å²) in [6.45, 7) is 2.25. The van der Waals surface area contributed by atoms with Gasteiger partial charge in [-0.2, -0.15) is 0 Å². The second kappa shape index (κ2) is 14.0. The smallest absolute Gasteiger partial charge is 0.139 e. The van der Waals surface area contributed by atoms with Crippen LogP contribution in [0.5, 0.6) is 0 Å². The van der Waals surface area contributed by atoms with Crippen LogP contribution in [-0.4, -0.2) is 23.0 Å². The van der Waals surface area contributed by atoms with E-state index in [-0.39, 0.29) is 59.1 Å². The predicted octanol–water partition coefficient (Wildman–Crippen LogP) is 9.28. The number of fused-ring (bicyclic) bond motifs is 3. The Hall–Kier alpha value is -4.29. The molecule has 233 valence electrons. The molecule has 7 rings (SSSR count). The van der Waals surface area contributed by atoms with E-state index in [0.717, 1.165) is 11.3 Å². The Balaban J connectivity index is 0.000000230. The first kappa shape index (κ1) is 24.0. The molecule has 3 aromatic carbocycles. The first-order valence-electron chi connectivity index (χ1n) is 18.3. The second-order valence-electron chi connectivity index (χ2n) is 11.5. The molecule has 0 aliphatic heterocycles. The van der Waals surface area contributed by atoms with Gasteiger partial charge in [0.15, 0.2) is 0 Å². The second-order valence-corrected chi connectivity index (χ2v) is 16.5. The minimum absolute atomic E-state index is 0. The van der Waals surface area contributed by atoms with Crippen molar-refractivity contribution in [3.05, 3.63) is 144 Å². The number of aromatic nitrogens is 3. The maximum absolute atomic E-state index is 13.8. The van der Waals surface area contributed by atoms with Crippen molar-refractivity contribution >= 4 is 35.3 Å². The minimum Gasteiger partial charge on any atom is -0.499 e. The molecule has 4 aromatic heterocycles. The standard InChI is InChI=1S/C24H16FN2O.C15H18NSi.Ir/c1-15-7-9-19(20-14-17(25)11-12-26-20)24-22(15)23-21(28-24)10-8-18(27-23)13-16-5-3-2-4-6-16;1-12-5-7-13(8-6-12)15-10-9-14(11-16-15)17(2,3)4;/h2-8,10-12,14H,13H2,1H3;5-7,9-11H,1-4H3;/q2*-1;/i1D3,13D2;1D3;. The van der Waals surface area contributed by atoms with Crippen molar-refractivity contribution in [1.29, 1.82) is 0 Å². The van der Waals surface area contributed by atoms with E-state index in [1.807, 2.05) is 12.3 Å². The summed E-state index contributed by atoms with van der Waals surface area (Å²) < 4.78 is 83.0. The molecule has 0 saturated carbocycles. The van der Waals surface area contributed by atoms with Gasteiger partial charge in [-0.15, -0.1) is 53.1 Å². The summed E-state index contributed by atoms with van der Waals surface area (Å²) in [5.74, 6) is -0.506. The Bertz CT molecular complexity index is 2340. The van der Waals surface area contributed by atoms with Crippen LogP contribution in [0.1, 0.15) is 33.4 Å². The largest absolute Gasteiger partial charge is 0.499 e. The Labute approximate surface area is 295 Å². The number of halogens is 1. The fraction of sp³-hybridized carbons (Fsp3) is 0.154. The van der Waals surface area contributed by atoms with Crippen LogP contribution < -0.4 is 5.19 Å². The summed E-state index contributed by atoms with van der Waals surface area (Å²) >= 11 is 0. The van der Waals surface area contributed by atoms with Crippen LogP contribution in [0.25, 0.3) is 44.6 Å². The quantitative estimate of drug-likeness (QED) is 0.129. The molecule has 0 aliphatic rings. The van der Waals surface area contributed by atoms with Gasteiger partial charge in [-0.25, -0.2) is 4.39 Å². The fourth-order valence-corrected chi connectivity index (χ4v) is 5.77. The molecule has 0 N–H and O–H groups in total. The molecular weight excluding hydrogens is 766 g/mol. The van der Waals surface area contributed by atoms with Crippen LogP contribution in [0.2, 0.25) is 19.6 Å². The summed E-state index contributed by atoms with van der Waals surface area (Å²) in [6, 6.07) is 30.3. The van der Waals surface area contributed by atoms with Gasteiger partial charge in [0.05, 0.1) is 19.2 Å². The molecule has 0 saturated heterocycles. The summed E-state index contributed by atoms with van der Waals surface area (Å²) in [5, 5.41) is 1.51. The van der Waals surface area contributed by atoms with Crippen molar-refractivity contribution < 1.29 is 39.9 Å². The normalized spacial score (nSPS) is 14.6. The minimum atomic E-state index is -2.50.